The standard InChI is InChI=1S/C14H12BrFOS/c1-14(2,9-3-5-10(16)6-4-9)13(17)12-11(15)7-8-18-12/h3-8H,1-2H3. The van der Waals surface area contributed by atoms with Gasteiger partial charge in [-0.15, -0.1) is 11.3 Å². The molecule has 0 aliphatic rings. The summed E-state index contributed by atoms with van der Waals surface area (Å²) in [5, 5.41) is 1.87. The molecule has 2 aromatic rings. The van der Waals surface area contributed by atoms with Crippen LogP contribution in [0.25, 0.3) is 0 Å². The minimum atomic E-state index is -0.666. The summed E-state index contributed by atoms with van der Waals surface area (Å²) in [4.78, 5) is 13.2. The summed E-state index contributed by atoms with van der Waals surface area (Å²) in [5.41, 5.74) is 0.148. The quantitative estimate of drug-likeness (QED) is 0.740. The predicted molar refractivity (Wildman–Crippen MR) is 75.8 cm³/mol. The highest BCUT2D eigenvalue weighted by Gasteiger charge is 2.32. The second-order valence-electron chi connectivity index (χ2n) is 4.56. The Morgan fingerprint density at radius 1 is 1.22 bits per heavy atom. The van der Waals surface area contributed by atoms with Crippen molar-refractivity contribution in [2.24, 2.45) is 0 Å². The summed E-state index contributed by atoms with van der Waals surface area (Å²) in [6.45, 7) is 3.71. The molecule has 0 bridgehead atoms. The molecule has 18 heavy (non-hydrogen) atoms. The number of halogens is 2. The van der Waals surface area contributed by atoms with Crippen molar-refractivity contribution < 1.29 is 9.18 Å². The van der Waals surface area contributed by atoms with E-state index in [1.54, 1.807) is 12.1 Å². The summed E-state index contributed by atoms with van der Waals surface area (Å²) in [5.74, 6) is -0.254. The van der Waals surface area contributed by atoms with E-state index in [0.717, 1.165) is 10.0 Å². The van der Waals surface area contributed by atoms with Gasteiger partial charge in [-0.3, -0.25) is 4.79 Å². The van der Waals surface area contributed by atoms with Gasteiger partial charge in [-0.05, 0) is 58.9 Å². The van der Waals surface area contributed by atoms with Gasteiger partial charge in [0.15, 0.2) is 5.78 Å². The molecule has 0 N–H and O–H groups in total. The number of hydrogen-bond acceptors (Lipinski definition) is 2. The lowest BCUT2D eigenvalue weighted by Gasteiger charge is -2.23. The summed E-state index contributed by atoms with van der Waals surface area (Å²) in [6, 6.07) is 7.95. The predicted octanol–water partition coefficient (Wildman–Crippen LogP) is 4.81. The van der Waals surface area contributed by atoms with Crippen LogP contribution >= 0.6 is 27.3 Å². The maximum absolute atomic E-state index is 12.9. The molecule has 0 saturated heterocycles. The fourth-order valence-electron chi connectivity index (χ4n) is 1.74. The molecule has 0 aliphatic heterocycles. The van der Waals surface area contributed by atoms with Crippen molar-refractivity contribution in [3.63, 3.8) is 0 Å². The fourth-order valence-corrected chi connectivity index (χ4v) is 3.39. The van der Waals surface area contributed by atoms with Crippen molar-refractivity contribution in [2.75, 3.05) is 0 Å². The van der Waals surface area contributed by atoms with Gasteiger partial charge in [-0.25, -0.2) is 4.39 Å². The van der Waals surface area contributed by atoms with Crippen LogP contribution in [0, 0.1) is 5.82 Å². The summed E-state index contributed by atoms with van der Waals surface area (Å²) >= 11 is 4.78. The lowest BCUT2D eigenvalue weighted by atomic mass is 9.80. The van der Waals surface area contributed by atoms with E-state index in [9.17, 15) is 9.18 Å². The van der Waals surface area contributed by atoms with E-state index in [1.165, 1.54) is 23.5 Å². The third-order valence-corrected chi connectivity index (χ3v) is 4.79. The van der Waals surface area contributed by atoms with Gasteiger partial charge in [0.05, 0.1) is 10.3 Å². The summed E-state index contributed by atoms with van der Waals surface area (Å²) in [6.07, 6.45) is 0. The van der Waals surface area contributed by atoms with Gasteiger partial charge in [0, 0.05) is 4.47 Å². The zero-order chi connectivity index (χ0) is 13.3. The Hall–Kier alpha value is -1.00. The molecule has 0 saturated carbocycles. The number of Topliss-reactive ketones (excluding diaryl/α,β-unsaturated/α-hetero) is 1. The van der Waals surface area contributed by atoms with Crippen LogP contribution in [0.15, 0.2) is 40.2 Å². The van der Waals surface area contributed by atoms with Gasteiger partial charge in [0.1, 0.15) is 5.82 Å². The first-order valence-electron chi connectivity index (χ1n) is 5.47. The monoisotopic (exact) mass is 326 g/mol. The maximum atomic E-state index is 12.9. The second kappa shape index (κ2) is 4.94. The summed E-state index contributed by atoms with van der Waals surface area (Å²) < 4.78 is 13.7. The van der Waals surface area contributed by atoms with E-state index in [1.807, 2.05) is 25.3 Å². The summed E-state index contributed by atoms with van der Waals surface area (Å²) in [7, 11) is 0. The Labute approximate surface area is 118 Å². The van der Waals surface area contributed by atoms with Crippen LogP contribution in [0.2, 0.25) is 0 Å². The molecule has 94 valence electrons. The van der Waals surface area contributed by atoms with Crippen LogP contribution < -0.4 is 0 Å². The first-order valence-corrected chi connectivity index (χ1v) is 7.14. The molecular formula is C14H12BrFOS. The van der Waals surface area contributed by atoms with Crippen molar-refractivity contribution in [3.8, 4) is 0 Å². The van der Waals surface area contributed by atoms with Crippen LogP contribution in [0.5, 0.6) is 0 Å². The highest BCUT2D eigenvalue weighted by molar-refractivity contribution is 9.10. The minimum Gasteiger partial charge on any atom is -0.292 e. The number of hydrogen-bond donors (Lipinski definition) is 0. The molecule has 0 spiro atoms. The Morgan fingerprint density at radius 2 is 1.83 bits per heavy atom. The molecule has 1 aromatic carbocycles. The zero-order valence-corrected chi connectivity index (χ0v) is 12.4. The van der Waals surface area contributed by atoms with Crippen molar-refractivity contribution >= 4 is 33.0 Å². The third-order valence-electron chi connectivity index (χ3n) is 2.96. The largest absolute Gasteiger partial charge is 0.292 e. The van der Waals surface area contributed by atoms with E-state index in [2.05, 4.69) is 15.9 Å². The van der Waals surface area contributed by atoms with Gasteiger partial charge in [-0.1, -0.05) is 12.1 Å². The number of rotatable bonds is 3. The average Bonchev–Trinajstić information content (AvgIpc) is 2.75. The highest BCUT2D eigenvalue weighted by Crippen LogP contribution is 2.33. The molecule has 0 amide bonds. The first kappa shape index (κ1) is 13.4. The van der Waals surface area contributed by atoms with Crippen molar-refractivity contribution in [3.05, 3.63) is 56.4 Å². The van der Waals surface area contributed by atoms with Gasteiger partial charge >= 0.3 is 0 Å². The van der Waals surface area contributed by atoms with Gasteiger partial charge < -0.3 is 0 Å². The molecule has 2 rings (SSSR count). The zero-order valence-electron chi connectivity index (χ0n) is 10.0. The SMILES string of the molecule is CC(C)(C(=O)c1sccc1Br)c1ccc(F)cc1. The Balaban J connectivity index is 2.39. The molecule has 0 atom stereocenters. The van der Waals surface area contributed by atoms with Crippen molar-refractivity contribution in [1.29, 1.82) is 0 Å². The number of carbonyl (C=O) groups is 1. The van der Waals surface area contributed by atoms with Gasteiger partial charge in [-0.2, -0.15) is 0 Å². The number of ketones is 1. The van der Waals surface area contributed by atoms with Gasteiger partial charge in [0.25, 0.3) is 0 Å². The van der Waals surface area contributed by atoms with Crippen LogP contribution in [0.3, 0.4) is 0 Å². The molecule has 0 fully saturated rings. The van der Waals surface area contributed by atoms with Crippen LogP contribution in [-0.2, 0) is 5.41 Å². The topological polar surface area (TPSA) is 17.1 Å². The molecule has 1 aromatic heterocycles. The van der Waals surface area contributed by atoms with E-state index < -0.39 is 5.41 Å². The number of thiophene rings is 1. The molecule has 0 radical (unpaired) electrons. The second-order valence-corrected chi connectivity index (χ2v) is 6.33. The van der Waals surface area contributed by atoms with Crippen LogP contribution in [-0.4, -0.2) is 5.78 Å². The normalized spacial score (nSPS) is 11.6. The van der Waals surface area contributed by atoms with E-state index >= 15 is 0 Å². The third kappa shape index (κ3) is 2.40. The Morgan fingerprint density at radius 3 is 2.33 bits per heavy atom. The molecular weight excluding hydrogens is 315 g/mol. The molecule has 0 aliphatic carbocycles. The molecule has 0 unspecified atom stereocenters. The number of carbonyl (C=O) groups excluding carboxylic acids is 1. The molecule has 4 heteroatoms. The Bertz CT molecular complexity index is 572. The van der Waals surface area contributed by atoms with Gasteiger partial charge in [0.2, 0.25) is 0 Å². The van der Waals surface area contributed by atoms with E-state index in [4.69, 9.17) is 0 Å². The lowest BCUT2D eigenvalue weighted by molar-refractivity contribution is 0.0912. The minimum absolute atomic E-state index is 0.0379. The van der Waals surface area contributed by atoms with Crippen LogP contribution in [0.1, 0.15) is 29.1 Å². The Kier molecular flexibility index (Phi) is 3.69. The smallest absolute Gasteiger partial charge is 0.183 e. The van der Waals surface area contributed by atoms with Crippen LogP contribution in [0.4, 0.5) is 4.39 Å². The van der Waals surface area contributed by atoms with E-state index in [-0.39, 0.29) is 11.6 Å². The van der Waals surface area contributed by atoms with Crippen molar-refractivity contribution in [1.82, 2.24) is 0 Å². The lowest BCUT2D eigenvalue weighted by Crippen LogP contribution is -2.28. The first-order chi connectivity index (χ1) is 8.43. The maximum Gasteiger partial charge on any atom is 0.183 e. The molecule has 1 heterocycles. The van der Waals surface area contributed by atoms with Crippen molar-refractivity contribution in [2.45, 2.75) is 19.3 Å². The average molecular weight is 327 g/mol. The molecule has 1 nitrogen and oxygen atoms in total. The van der Waals surface area contributed by atoms with E-state index in [0.29, 0.717) is 4.88 Å². The number of benzene rings is 1. The fraction of sp³-hybridized carbons (Fsp3) is 0.214. The highest BCUT2D eigenvalue weighted by atomic mass is 79.9.